The van der Waals surface area contributed by atoms with Gasteiger partial charge in [0.05, 0.1) is 24.5 Å². The van der Waals surface area contributed by atoms with Crippen molar-refractivity contribution in [2.75, 3.05) is 0 Å². The van der Waals surface area contributed by atoms with Crippen LogP contribution in [0.15, 0.2) is 52.3 Å². The molecule has 0 spiro atoms. The van der Waals surface area contributed by atoms with E-state index in [1.807, 2.05) is 0 Å². The number of rotatable bonds is 7. The van der Waals surface area contributed by atoms with Crippen LogP contribution < -0.4 is 15.9 Å². The summed E-state index contributed by atoms with van der Waals surface area (Å²) in [6.45, 7) is 7.50. The molecule has 0 radical (unpaired) electrons. The summed E-state index contributed by atoms with van der Waals surface area (Å²) in [5.41, 5.74) is -1.61. The molecule has 0 unspecified atom stereocenters. The van der Waals surface area contributed by atoms with E-state index in [-0.39, 0.29) is 29.0 Å². The molecule has 3 rings (SSSR count). The second kappa shape index (κ2) is 9.39. The molecule has 0 bridgehead atoms. The van der Waals surface area contributed by atoms with Crippen molar-refractivity contribution in [2.45, 2.75) is 39.7 Å². The highest BCUT2D eigenvalue weighted by molar-refractivity contribution is 5.48. The molecule has 1 aromatic carbocycles. The molecule has 0 saturated heterocycles. The molecule has 0 fully saturated rings. The van der Waals surface area contributed by atoms with Crippen molar-refractivity contribution >= 4 is 0 Å². The molecule has 0 aliphatic rings. The first-order valence-corrected chi connectivity index (χ1v) is 10.2. The summed E-state index contributed by atoms with van der Waals surface area (Å²) >= 11 is 0. The fraction of sp³-hybridized carbons (Fsp3) is 0.250. The van der Waals surface area contributed by atoms with Gasteiger partial charge in [-0.1, -0.05) is 19.6 Å². The van der Waals surface area contributed by atoms with Gasteiger partial charge in [0.2, 0.25) is 11.3 Å². The number of alkyl halides is 2. The van der Waals surface area contributed by atoms with Crippen LogP contribution in [-0.2, 0) is 18.9 Å². The number of nitrogens with one attached hydrogen (secondary N) is 1. The number of allylic oxidation sites excluding steroid dienone is 1. The van der Waals surface area contributed by atoms with Gasteiger partial charge in [-0.05, 0) is 37.5 Å². The molecule has 0 saturated carbocycles. The second-order valence-corrected chi connectivity index (χ2v) is 7.68. The summed E-state index contributed by atoms with van der Waals surface area (Å²) in [6.07, 6.45) is 1.41. The SMILES string of the molecule is C=C(C)C(F)(F)c1ncn(Cc2ccc(=O)[nH]c2CC)c(=O)c1Oc1cc(F)cc(C#N)c1C. The Balaban J connectivity index is 2.21. The molecule has 0 atom stereocenters. The smallest absolute Gasteiger partial charge is 0.314 e. The van der Waals surface area contributed by atoms with Gasteiger partial charge in [-0.3, -0.25) is 14.2 Å². The zero-order chi connectivity index (χ0) is 25.2. The first-order valence-electron chi connectivity index (χ1n) is 10.2. The maximum Gasteiger partial charge on any atom is 0.314 e. The van der Waals surface area contributed by atoms with Crippen molar-refractivity contribution in [1.29, 1.82) is 5.26 Å². The quantitative estimate of drug-likeness (QED) is 0.519. The Morgan fingerprint density at radius 2 is 2.03 bits per heavy atom. The van der Waals surface area contributed by atoms with Gasteiger partial charge in [-0.2, -0.15) is 14.0 Å². The van der Waals surface area contributed by atoms with Gasteiger partial charge in [-0.15, -0.1) is 0 Å². The molecule has 7 nitrogen and oxygen atoms in total. The third kappa shape index (κ3) is 4.64. The molecular weight excluding hydrogens is 449 g/mol. The predicted octanol–water partition coefficient (Wildman–Crippen LogP) is 4.32. The van der Waals surface area contributed by atoms with E-state index >= 15 is 0 Å². The van der Waals surface area contributed by atoms with Gasteiger partial charge < -0.3 is 9.72 Å². The number of H-pyrrole nitrogens is 1. The number of aromatic amines is 1. The van der Waals surface area contributed by atoms with E-state index in [1.54, 1.807) is 13.0 Å². The Morgan fingerprint density at radius 3 is 2.65 bits per heavy atom. The summed E-state index contributed by atoms with van der Waals surface area (Å²) in [7, 11) is 0. The second-order valence-electron chi connectivity index (χ2n) is 7.68. The van der Waals surface area contributed by atoms with E-state index < -0.39 is 34.3 Å². The third-order valence-corrected chi connectivity index (χ3v) is 5.28. The number of aromatic nitrogens is 3. The minimum atomic E-state index is -3.72. The summed E-state index contributed by atoms with van der Waals surface area (Å²) in [5, 5.41) is 9.21. The van der Waals surface area contributed by atoms with Crippen molar-refractivity contribution in [1.82, 2.24) is 14.5 Å². The number of hydrogen-bond donors (Lipinski definition) is 1. The summed E-state index contributed by atoms with van der Waals surface area (Å²) in [4.78, 5) is 31.4. The lowest BCUT2D eigenvalue weighted by atomic mass is 10.1. The summed E-state index contributed by atoms with van der Waals surface area (Å²) < 4.78 is 50.4. The Kier molecular flexibility index (Phi) is 6.77. The highest BCUT2D eigenvalue weighted by Crippen LogP contribution is 2.39. The van der Waals surface area contributed by atoms with Crippen LogP contribution in [0.5, 0.6) is 11.5 Å². The van der Waals surface area contributed by atoms with Crippen molar-refractivity contribution < 1.29 is 17.9 Å². The molecule has 1 N–H and O–H groups in total. The molecule has 0 aliphatic heterocycles. The largest absolute Gasteiger partial charge is 0.449 e. The zero-order valence-electron chi connectivity index (χ0n) is 18.7. The zero-order valence-corrected chi connectivity index (χ0v) is 18.7. The molecule has 0 aliphatic carbocycles. The maximum atomic E-state index is 14.9. The van der Waals surface area contributed by atoms with Gasteiger partial charge in [0, 0.05) is 23.4 Å². The van der Waals surface area contributed by atoms with E-state index in [4.69, 9.17) is 4.74 Å². The van der Waals surface area contributed by atoms with Gasteiger partial charge in [-0.25, -0.2) is 9.37 Å². The van der Waals surface area contributed by atoms with Crippen molar-refractivity contribution in [3.63, 3.8) is 0 Å². The molecule has 0 amide bonds. The summed E-state index contributed by atoms with van der Waals surface area (Å²) in [6, 6.07) is 6.46. The number of halogens is 3. The number of nitrogens with zero attached hydrogens (tertiary/aromatic N) is 3. The monoisotopic (exact) mass is 470 g/mol. The van der Waals surface area contributed by atoms with Gasteiger partial charge in [0.1, 0.15) is 11.6 Å². The van der Waals surface area contributed by atoms with E-state index in [0.717, 1.165) is 30.0 Å². The highest BCUT2D eigenvalue weighted by atomic mass is 19.3. The average molecular weight is 470 g/mol. The van der Waals surface area contributed by atoms with Crippen LogP contribution >= 0.6 is 0 Å². The topological polar surface area (TPSA) is 101 Å². The van der Waals surface area contributed by atoms with E-state index in [9.17, 15) is 28.0 Å². The number of benzene rings is 1. The van der Waals surface area contributed by atoms with Gasteiger partial charge >= 0.3 is 5.92 Å². The molecular formula is C24H21F3N4O3. The fourth-order valence-corrected chi connectivity index (χ4v) is 3.28. The van der Waals surface area contributed by atoms with Gasteiger partial charge in [0.25, 0.3) is 5.56 Å². The number of nitriles is 1. The van der Waals surface area contributed by atoms with Crippen molar-refractivity contribution in [2.24, 2.45) is 0 Å². The molecule has 3 aromatic rings. The van der Waals surface area contributed by atoms with Crippen molar-refractivity contribution in [3.8, 4) is 17.6 Å². The number of ether oxygens (including phenoxy) is 1. The first kappa shape index (κ1) is 24.5. The normalized spacial score (nSPS) is 11.2. The molecule has 2 heterocycles. The van der Waals surface area contributed by atoms with Crippen LogP contribution in [0.2, 0.25) is 0 Å². The number of aryl methyl sites for hydroxylation is 1. The minimum absolute atomic E-state index is 0.0757. The number of pyridine rings is 1. The lowest BCUT2D eigenvalue weighted by Gasteiger charge is -2.20. The van der Waals surface area contributed by atoms with Crippen LogP contribution in [0, 0.1) is 24.1 Å². The molecule has 2 aromatic heterocycles. The first-order chi connectivity index (χ1) is 16.0. The Bertz CT molecular complexity index is 1430. The lowest BCUT2D eigenvalue weighted by molar-refractivity contribution is 0.0308. The van der Waals surface area contributed by atoms with E-state index in [2.05, 4.69) is 16.5 Å². The van der Waals surface area contributed by atoms with Crippen LogP contribution in [0.4, 0.5) is 13.2 Å². The maximum absolute atomic E-state index is 14.9. The Morgan fingerprint density at radius 1 is 1.32 bits per heavy atom. The average Bonchev–Trinajstić information content (AvgIpc) is 2.79. The van der Waals surface area contributed by atoms with Gasteiger partial charge in [0.15, 0.2) is 5.69 Å². The summed E-state index contributed by atoms with van der Waals surface area (Å²) in [5.74, 6) is -5.66. The minimum Gasteiger partial charge on any atom is -0.449 e. The third-order valence-electron chi connectivity index (χ3n) is 5.28. The predicted molar refractivity (Wildman–Crippen MR) is 119 cm³/mol. The highest BCUT2D eigenvalue weighted by Gasteiger charge is 2.40. The fourth-order valence-electron chi connectivity index (χ4n) is 3.28. The van der Waals surface area contributed by atoms with Crippen LogP contribution in [0.3, 0.4) is 0 Å². The van der Waals surface area contributed by atoms with Crippen LogP contribution in [0.25, 0.3) is 0 Å². The Labute approximate surface area is 192 Å². The molecule has 176 valence electrons. The van der Waals surface area contributed by atoms with Crippen LogP contribution in [-0.4, -0.2) is 14.5 Å². The molecule has 34 heavy (non-hydrogen) atoms. The van der Waals surface area contributed by atoms with Crippen molar-refractivity contribution in [3.05, 3.63) is 97.3 Å². The van der Waals surface area contributed by atoms with E-state index in [1.165, 1.54) is 19.1 Å². The molecule has 10 heteroatoms. The number of hydrogen-bond acceptors (Lipinski definition) is 5. The van der Waals surface area contributed by atoms with E-state index in [0.29, 0.717) is 17.7 Å². The Hall–Kier alpha value is -4.13. The lowest BCUT2D eigenvalue weighted by Crippen LogP contribution is -2.29. The van der Waals surface area contributed by atoms with Crippen LogP contribution in [0.1, 0.15) is 41.9 Å². The standard InChI is InChI=1S/C24H21F3N4O3/c1-5-18-15(6-7-20(32)30-18)11-31-12-29-22(24(26,27)13(2)3)21(23(31)33)34-19-9-17(25)8-16(10-28)14(19)4/h6-9,12H,2,5,11H2,1,3-4H3,(H,30,32).